The van der Waals surface area contributed by atoms with Gasteiger partial charge in [-0.1, -0.05) is 13.8 Å². The maximum atomic E-state index is 11.5. The van der Waals surface area contributed by atoms with Gasteiger partial charge in [-0.05, 0) is 12.5 Å². The number of carbonyl (C=O) groups excluding carboxylic acids is 1. The van der Waals surface area contributed by atoms with E-state index in [4.69, 9.17) is 14.2 Å². The lowest BCUT2D eigenvalue weighted by Crippen LogP contribution is -2.29. The summed E-state index contributed by atoms with van der Waals surface area (Å²) in [6, 6.07) is 3.66. The predicted molar refractivity (Wildman–Crippen MR) is 77.6 cm³/mol. The first-order chi connectivity index (χ1) is 9.53. The molecule has 0 aliphatic carbocycles. The van der Waals surface area contributed by atoms with Crippen LogP contribution in [0.4, 0.5) is 0 Å². The number of hydrogen-bond donors (Lipinski definition) is 1. The van der Waals surface area contributed by atoms with Gasteiger partial charge in [0.25, 0.3) is 0 Å². The van der Waals surface area contributed by atoms with Crippen LogP contribution in [0.3, 0.4) is 0 Å². The molecule has 0 saturated carbocycles. The van der Waals surface area contributed by atoms with Crippen LogP contribution in [-0.4, -0.2) is 33.8 Å². The van der Waals surface area contributed by atoms with Gasteiger partial charge in [0.15, 0.2) is 11.5 Å². The van der Waals surface area contributed by atoms with Crippen LogP contribution in [0.15, 0.2) is 12.1 Å². The standard InChI is InChI=1S/C15H23NO4/c1-10(2)15(17)16-7-6-11-8-12(18-3)9-13(19-4)14(11)20-5/h8-10H,6-7H2,1-5H3,(H,16,17). The fraction of sp³-hybridized carbons (Fsp3) is 0.533. The number of hydrogen-bond acceptors (Lipinski definition) is 4. The van der Waals surface area contributed by atoms with Gasteiger partial charge in [-0.15, -0.1) is 0 Å². The molecule has 0 spiro atoms. The molecule has 0 aromatic heterocycles. The molecule has 1 aromatic carbocycles. The smallest absolute Gasteiger partial charge is 0.222 e. The van der Waals surface area contributed by atoms with E-state index in [0.717, 1.165) is 5.56 Å². The van der Waals surface area contributed by atoms with E-state index >= 15 is 0 Å². The number of benzene rings is 1. The van der Waals surface area contributed by atoms with E-state index in [-0.39, 0.29) is 11.8 Å². The Morgan fingerprint density at radius 1 is 1.15 bits per heavy atom. The molecular weight excluding hydrogens is 258 g/mol. The average Bonchev–Trinajstić information content (AvgIpc) is 2.45. The lowest BCUT2D eigenvalue weighted by molar-refractivity contribution is -0.123. The molecule has 1 aromatic rings. The molecule has 0 aliphatic heterocycles. The Bertz CT molecular complexity index is 457. The van der Waals surface area contributed by atoms with Gasteiger partial charge >= 0.3 is 0 Å². The molecule has 5 heteroatoms. The van der Waals surface area contributed by atoms with E-state index in [1.165, 1.54) is 0 Å². The molecule has 0 radical (unpaired) electrons. The Morgan fingerprint density at radius 2 is 1.85 bits per heavy atom. The Hall–Kier alpha value is -1.91. The monoisotopic (exact) mass is 281 g/mol. The molecule has 0 heterocycles. The SMILES string of the molecule is COc1cc(CCNC(=O)C(C)C)c(OC)c(OC)c1. The maximum absolute atomic E-state index is 11.5. The van der Waals surface area contributed by atoms with Crippen molar-refractivity contribution in [2.24, 2.45) is 5.92 Å². The molecule has 1 rings (SSSR count). The Labute approximate surface area is 120 Å². The van der Waals surface area contributed by atoms with Crippen LogP contribution in [0.25, 0.3) is 0 Å². The summed E-state index contributed by atoms with van der Waals surface area (Å²) in [5, 5.41) is 2.88. The summed E-state index contributed by atoms with van der Waals surface area (Å²) in [6.07, 6.45) is 0.648. The van der Waals surface area contributed by atoms with Crippen LogP contribution in [0.2, 0.25) is 0 Å². The van der Waals surface area contributed by atoms with Gasteiger partial charge in [-0.25, -0.2) is 0 Å². The third kappa shape index (κ3) is 4.05. The van der Waals surface area contributed by atoms with Crippen LogP contribution in [0.1, 0.15) is 19.4 Å². The van der Waals surface area contributed by atoms with E-state index in [2.05, 4.69) is 5.32 Å². The van der Waals surface area contributed by atoms with Crippen molar-refractivity contribution in [3.05, 3.63) is 17.7 Å². The van der Waals surface area contributed by atoms with E-state index in [1.807, 2.05) is 19.9 Å². The zero-order chi connectivity index (χ0) is 15.1. The van der Waals surface area contributed by atoms with Crippen molar-refractivity contribution in [1.29, 1.82) is 0 Å². The number of nitrogens with one attached hydrogen (secondary N) is 1. The molecule has 5 nitrogen and oxygen atoms in total. The predicted octanol–water partition coefficient (Wildman–Crippen LogP) is 2.03. The number of amides is 1. The summed E-state index contributed by atoms with van der Waals surface area (Å²) < 4.78 is 15.9. The first kappa shape index (κ1) is 16.1. The second-order valence-corrected chi connectivity index (χ2v) is 4.72. The van der Waals surface area contributed by atoms with Crippen molar-refractivity contribution in [1.82, 2.24) is 5.32 Å². The molecule has 0 unspecified atom stereocenters. The Kier molecular flexibility index (Phi) is 6.15. The highest BCUT2D eigenvalue weighted by molar-refractivity contribution is 5.77. The average molecular weight is 281 g/mol. The van der Waals surface area contributed by atoms with Crippen molar-refractivity contribution in [2.45, 2.75) is 20.3 Å². The van der Waals surface area contributed by atoms with Crippen LogP contribution in [0, 0.1) is 5.92 Å². The van der Waals surface area contributed by atoms with Crippen LogP contribution < -0.4 is 19.5 Å². The minimum absolute atomic E-state index is 0.0169. The number of ether oxygens (including phenoxy) is 3. The van der Waals surface area contributed by atoms with Crippen LogP contribution in [-0.2, 0) is 11.2 Å². The lowest BCUT2D eigenvalue weighted by atomic mass is 10.1. The first-order valence-electron chi connectivity index (χ1n) is 6.60. The van der Waals surface area contributed by atoms with E-state index in [0.29, 0.717) is 30.2 Å². The van der Waals surface area contributed by atoms with Crippen LogP contribution >= 0.6 is 0 Å². The minimum Gasteiger partial charge on any atom is -0.497 e. The highest BCUT2D eigenvalue weighted by atomic mass is 16.5. The molecule has 0 aliphatic rings. The highest BCUT2D eigenvalue weighted by Gasteiger charge is 2.13. The molecule has 112 valence electrons. The van der Waals surface area contributed by atoms with Crippen LogP contribution in [0.5, 0.6) is 17.2 Å². The van der Waals surface area contributed by atoms with E-state index in [1.54, 1.807) is 27.4 Å². The Morgan fingerprint density at radius 3 is 2.35 bits per heavy atom. The fourth-order valence-electron chi connectivity index (χ4n) is 1.84. The number of rotatable bonds is 7. The molecular formula is C15H23NO4. The van der Waals surface area contributed by atoms with Gasteiger partial charge < -0.3 is 19.5 Å². The minimum atomic E-state index is -0.0169. The molecule has 0 atom stereocenters. The maximum Gasteiger partial charge on any atom is 0.222 e. The van der Waals surface area contributed by atoms with Gasteiger partial charge in [0.05, 0.1) is 21.3 Å². The summed E-state index contributed by atoms with van der Waals surface area (Å²) >= 11 is 0. The lowest BCUT2D eigenvalue weighted by Gasteiger charge is -2.15. The zero-order valence-corrected chi connectivity index (χ0v) is 12.8. The Balaban J connectivity index is 2.84. The molecule has 0 fully saturated rings. The van der Waals surface area contributed by atoms with Gasteiger partial charge in [-0.2, -0.15) is 0 Å². The van der Waals surface area contributed by atoms with Gasteiger partial charge in [0.1, 0.15) is 5.75 Å². The first-order valence-corrected chi connectivity index (χ1v) is 6.60. The molecule has 1 amide bonds. The second kappa shape index (κ2) is 7.62. The summed E-state index contributed by atoms with van der Waals surface area (Å²) in [6.45, 7) is 4.28. The third-order valence-electron chi connectivity index (χ3n) is 2.98. The van der Waals surface area contributed by atoms with Crippen molar-refractivity contribution in [3.8, 4) is 17.2 Å². The third-order valence-corrected chi connectivity index (χ3v) is 2.98. The quantitative estimate of drug-likeness (QED) is 0.831. The van der Waals surface area contributed by atoms with E-state index < -0.39 is 0 Å². The fourth-order valence-corrected chi connectivity index (χ4v) is 1.84. The van der Waals surface area contributed by atoms with E-state index in [9.17, 15) is 4.79 Å². The summed E-state index contributed by atoms with van der Waals surface area (Å²) in [5.74, 6) is 2.02. The largest absolute Gasteiger partial charge is 0.497 e. The van der Waals surface area contributed by atoms with Gasteiger partial charge in [0, 0.05) is 24.1 Å². The summed E-state index contributed by atoms with van der Waals surface area (Å²) in [4.78, 5) is 11.5. The summed E-state index contributed by atoms with van der Waals surface area (Å²) in [5.41, 5.74) is 0.938. The van der Waals surface area contributed by atoms with Crippen molar-refractivity contribution >= 4 is 5.91 Å². The molecule has 0 saturated heterocycles. The van der Waals surface area contributed by atoms with Crippen molar-refractivity contribution < 1.29 is 19.0 Å². The molecule has 0 bridgehead atoms. The van der Waals surface area contributed by atoms with Gasteiger partial charge in [0.2, 0.25) is 5.91 Å². The zero-order valence-electron chi connectivity index (χ0n) is 12.8. The normalized spacial score (nSPS) is 10.3. The topological polar surface area (TPSA) is 56.8 Å². The van der Waals surface area contributed by atoms with Crippen molar-refractivity contribution in [2.75, 3.05) is 27.9 Å². The van der Waals surface area contributed by atoms with Crippen molar-refractivity contribution in [3.63, 3.8) is 0 Å². The summed E-state index contributed by atoms with van der Waals surface area (Å²) in [7, 11) is 4.79. The highest BCUT2D eigenvalue weighted by Crippen LogP contribution is 2.35. The molecule has 20 heavy (non-hydrogen) atoms. The molecule has 1 N–H and O–H groups in total. The number of methoxy groups -OCH3 is 3. The van der Waals surface area contributed by atoms with Gasteiger partial charge in [-0.3, -0.25) is 4.79 Å². The second-order valence-electron chi connectivity index (χ2n) is 4.72. The number of carbonyl (C=O) groups is 1.